The van der Waals surface area contributed by atoms with Crippen LogP contribution < -0.4 is 31.3 Å². The Morgan fingerprint density at radius 2 is 1.77 bits per heavy atom. The Balaban J connectivity index is 1.94. The second-order valence-corrected chi connectivity index (χ2v) is 9.34. The molecule has 3 aromatic rings. The Labute approximate surface area is 223 Å². The van der Waals surface area contributed by atoms with Gasteiger partial charge < -0.3 is 31.3 Å². The van der Waals surface area contributed by atoms with Crippen molar-refractivity contribution in [3.05, 3.63) is 66.8 Å². The molecular weight excluding hydrogens is 518 g/mol. The van der Waals surface area contributed by atoms with Gasteiger partial charge in [0.15, 0.2) is 0 Å². The predicted octanol–water partition coefficient (Wildman–Crippen LogP) is 5.43. The number of methoxy groups -OCH3 is 1. The molecule has 2 aromatic carbocycles. The summed E-state index contributed by atoms with van der Waals surface area (Å²) in [5.41, 5.74) is 5.72. The van der Waals surface area contributed by atoms with Crippen molar-refractivity contribution >= 4 is 40.3 Å². The van der Waals surface area contributed by atoms with Crippen molar-refractivity contribution in [2.24, 2.45) is 5.73 Å². The number of likely N-dealkylation sites (N-methyl/N-ethyl adjacent to an activating group) is 1. The van der Waals surface area contributed by atoms with E-state index in [1.807, 2.05) is 25.8 Å². The SMILES string of the molecule is C=CC(=O)Nc1cc(Nc2cc(Nc3ccc(F)c(C(F)(F)F)c3)ncn2)c(OC)cc1N(C)CC(C)(C)N. The normalized spacial score (nSPS) is 11.5. The Bertz CT molecular complexity index is 1360. The zero-order chi connectivity index (χ0) is 29.0. The molecule has 0 saturated carbocycles. The van der Waals surface area contributed by atoms with Crippen molar-refractivity contribution in [3.63, 3.8) is 0 Å². The van der Waals surface area contributed by atoms with Gasteiger partial charge in [-0.2, -0.15) is 13.2 Å². The van der Waals surface area contributed by atoms with E-state index in [-0.39, 0.29) is 17.3 Å². The highest BCUT2D eigenvalue weighted by atomic mass is 19.4. The van der Waals surface area contributed by atoms with Crippen LogP contribution in [0.1, 0.15) is 19.4 Å². The number of carbonyl (C=O) groups is 1. The molecule has 0 saturated heterocycles. The molecule has 9 nitrogen and oxygen atoms in total. The Hall–Kier alpha value is -4.39. The van der Waals surface area contributed by atoms with Crippen molar-refractivity contribution in [1.82, 2.24) is 9.97 Å². The van der Waals surface area contributed by atoms with E-state index >= 15 is 0 Å². The molecule has 1 heterocycles. The number of hydrogen-bond donors (Lipinski definition) is 4. The molecule has 0 unspecified atom stereocenters. The van der Waals surface area contributed by atoms with Crippen LogP contribution >= 0.6 is 0 Å². The van der Waals surface area contributed by atoms with Crippen LogP contribution in [0.4, 0.5) is 51.9 Å². The Morgan fingerprint density at radius 1 is 1.10 bits per heavy atom. The zero-order valence-electron chi connectivity index (χ0n) is 21.8. The van der Waals surface area contributed by atoms with Crippen LogP contribution in [0.3, 0.4) is 0 Å². The van der Waals surface area contributed by atoms with Crippen LogP contribution in [0.2, 0.25) is 0 Å². The largest absolute Gasteiger partial charge is 0.494 e. The number of nitrogens with zero attached hydrogens (tertiary/aromatic N) is 3. The highest BCUT2D eigenvalue weighted by Gasteiger charge is 2.34. The molecule has 5 N–H and O–H groups in total. The van der Waals surface area contributed by atoms with Crippen molar-refractivity contribution < 1.29 is 27.1 Å². The topological polar surface area (TPSA) is 117 Å². The van der Waals surface area contributed by atoms with E-state index in [9.17, 15) is 22.4 Å². The molecule has 3 rings (SSSR count). The van der Waals surface area contributed by atoms with Crippen LogP contribution in [0.15, 0.2) is 55.4 Å². The summed E-state index contributed by atoms with van der Waals surface area (Å²) in [7, 11) is 3.29. The van der Waals surface area contributed by atoms with E-state index in [1.54, 1.807) is 12.1 Å². The van der Waals surface area contributed by atoms with E-state index in [0.29, 0.717) is 35.4 Å². The number of nitrogens with one attached hydrogen (secondary N) is 3. The first-order chi connectivity index (χ1) is 18.2. The molecule has 0 bridgehead atoms. The van der Waals surface area contributed by atoms with Crippen molar-refractivity contribution in [3.8, 4) is 5.75 Å². The summed E-state index contributed by atoms with van der Waals surface area (Å²) in [4.78, 5) is 22.2. The summed E-state index contributed by atoms with van der Waals surface area (Å²) in [6, 6.07) is 7.33. The minimum Gasteiger partial charge on any atom is -0.494 e. The van der Waals surface area contributed by atoms with Gasteiger partial charge in [-0.05, 0) is 44.2 Å². The van der Waals surface area contributed by atoms with Crippen LogP contribution in [0.25, 0.3) is 0 Å². The number of anilines is 6. The highest BCUT2D eigenvalue weighted by molar-refractivity contribution is 6.02. The Kier molecular flexibility index (Phi) is 8.64. The molecule has 39 heavy (non-hydrogen) atoms. The van der Waals surface area contributed by atoms with Gasteiger partial charge in [-0.15, -0.1) is 0 Å². The third kappa shape index (κ3) is 7.80. The van der Waals surface area contributed by atoms with Crippen molar-refractivity contribution in [1.29, 1.82) is 0 Å². The fourth-order valence-electron chi connectivity index (χ4n) is 3.73. The molecule has 0 aliphatic carbocycles. The first-order valence-corrected chi connectivity index (χ1v) is 11.6. The van der Waals surface area contributed by atoms with Gasteiger partial charge in [0.25, 0.3) is 0 Å². The Morgan fingerprint density at radius 3 is 2.36 bits per heavy atom. The van der Waals surface area contributed by atoms with Crippen LogP contribution in [0.5, 0.6) is 5.75 Å². The molecule has 13 heteroatoms. The maximum Gasteiger partial charge on any atom is 0.419 e. The molecule has 0 atom stereocenters. The second kappa shape index (κ2) is 11.6. The fourth-order valence-corrected chi connectivity index (χ4v) is 3.73. The van der Waals surface area contributed by atoms with Crippen molar-refractivity contribution in [2.45, 2.75) is 25.6 Å². The number of nitrogens with two attached hydrogens (primary N) is 1. The molecular formula is C26H29F4N7O2. The zero-order valence-corrected chi connectivity index (χ0v) is 21.8. The lowest BCUT2D eigenvalue weighted by atomic mass is 10.1. The summed E-state index contributed by atoms with van der Waals surface area (Å²) in [5, 5.41) is 8.55. The molecule has 208 valence electrons. The molecule has 0 spiro atoms. The summed E-state index contributed by atoms with van der Waals surface area (Å²) in [6.07, 6.45) is -2.53. The molecule has 0 aliphatic heterocycles. The van der Waals surface area contributed by atoms with E-state index in [1.165, 1.54) is 19.5 Å². The molecule has 0 aliphatic rings. The number of hydrogen-bond acceptors (Lipinski definition) is 8. The molecule has 0 radical (unpaired) electrons. The first-order valence-electron chi connectivity index (χ1n) is 11.6. The number of alkyl halides is 3. The van der Waals surface area contributed by atoms with Crippen molar-refractivity contribution in [2.75, 3.05) is 41.6 Å². The fraction of sp³-hybridized carbons (Fsp3) is 0.269. The van der Waals surface area contributed by atoms with Gasteiger partial charge in [0.05, 0.1) is 29.7 Å². The maximum atomic E-state index is 13.6. The minimum atomic E-state index is -4.85. The standard InChI is InChI=1S/C26H29F4N7O2/c1-6-24(38)36-18-10-19(21(39-5)11-20(18)37(4)13-25(2,3)31)35-23-12-22(32-14-33-23)34-15-7-8-17(27)16(9-15)26(28,29)30/h6-12,14H,1,13,31H2,2-5H3,(H,36,38)(H2,32,33,34,35). The second-order valence-electron chi connectivity index (χ2n) is 9.34. The summed E-state index contributed by atoms with van der Waals surface area (Å²) in [6.45, 7) is 7.69. The number of halogens is 4. The van der Waals surface area contributed by atoms with Gasteiger partial charge in [0, 0.05) is 37.0 Å². The summed E-state index contributed by atoms with van der Waals surface area (Å²) < 4.78 is 58.4. The number of ether oxygens (including phenoxy) is 1. The maximum absolute atomic E-state index is 13.6. The molecule has 0 fully saturated rings. The van der Waals surface area contributed by atoms with E-state index < -0.39 is 29.0 Å². The third-order valence-electron chi connectivity index (χ3n) is 5.29. The lowest BCUT2D eigenvalue weighted by Crippen LogP contribution is -2.44. The number of aromatic nitrogens is 2. The lowest BCUT2D eigenvalue weighted by Gasteiger charge is -2.30. The van der Waals surface area contributed by atoms with Gasteiger partial charge in [0.1, 0.15) is 29.5 Å². The highest BCUT2D eigenvalue weighted by Crippen LogP contribution is 2.39. The van der Waals surface area contributed by atoms with Crippen LogP contribution in [-0.2, 0) is 11.0 Å². The predicted molar refractivity (Wildman–Crippen MR) is 143 cm³/mol. The van der Waals surface area contributed by atoms with Crippen LogP contribution in [0, 0.1) is 5.82 Å². The van der Waals surface area contributed by atoms with E-state index in [2.05, 4.69) is 32.5 Å². The van der Waals surface area contributed by atoms with Gasteiger partial charge >= 0.3 is 6.18 Å². The third-order valence-corrected chi connectivity index (χ3v) is 5.29. The monoisotopic (exact) mass is 547 g/mol. The smallest absolute Gasteiger partial charge is 0.419 e. The minimum absolute atomic E-state index is 0.0180. The average Bonchev–Trinajstić information content (AvgIpc) is 2.83. The number of benzene rings is 2. The van der Waals surface area contributed by atoms with Gasteiger partial charge in [-0.25, -0.2) is 14.4 Å². The molecule has 1 amide bonds. The number of carbonyl (C=O) groups excluding carboxylic acids is 1. The quantitative estimate of drug-likeness (QED) is 0.196. The lowest BCUT2D eigenvalue weighted by molar-refractivity contribution is -0.139. The van der Waals surface area contributed by atoms with Gasteiger partial charge in [-0.1, -0.05) is 6.58 Å². The van der Waals surface area contributed by atoms with Crippen LogP contribution in [-0.4, -0.2) is 42.1 Å². The number of amides is 1. The van der Waals surface area contributed by atoms with Gasteiger partial charge in [0.2, 0.25) is 5.91 Å². The van der Waals surface area contributed by atoms with E-state index in [4.69, 9.17) is 10.5 Å². The van der Waals surface area contributed by atoms with E-state index in [0.717, 1.165) is 18.2 Å². The first kappa shape index (κ1) is 29.2. The average molecular weight is 548 g/mol. The molecule has 1 aromatic heterocycles. The summed E-state index contributed by atoms with van der Waals surface area (Å²) >= 11 is 0. The van der Waals surface area contributed by atoms with Gasteiger partial charge in [-0.3, -0.25) is 4.79 Å². The summed E-state index contributed by atoms with van der Waals surface area (Å²) in [5.74, 6) is -1.00. The number of rotatable bonds is 10.